The fourth-order valence-corrected chi connectivity index (χ4v) is 3.93. The van der Waals surface area contributed by atoms with Crippen molar-refractivity contribution in [2.24, 2.45) is 0 Å². The molecule has 2 saturated heterocycles. The van der Waals surface area contributed by atoms with E-state index >= 15 is 0 Å². The van der Waals surface area contributed by atoms with Crippen LogP contribution in [0.1, 0.15) is 26.2 Å². The predicted octanol–water partition coefficient (Wildman–Crippen LogP) is 1.03. The number of thioether (sulfide) groups is 1. The van der Waals surface area contributed by atoms with E-state index in [4.69, 9.17) is 0 Å². The van der Waals surface area contributed by atoms with E-state index < -0.39 is 12.0 Å². The zero-order chi connectivity index (χ0) is 14.5. The minimum Gasteiger partial charge on any atom is -0.480 e. The fourth-order valence-electron chi connectivity index (χ4n) is 2.79. The highest BCUT2D eigenvalue weighted by Crippen LogP contribution is 2.24. The molecule has 0 saturated carbocycles. The summed E-state index contributed by atoms with van der Waals surface area (Å²) in [5.41, 5.74) is 0. The van der Waals surface area contributed by atoms with E-state index in [2.05, 4.69) is 12.2 Å². The van der Waals surface area contributed by atoms with Crippen LogP contribution in [0.2, 0.25) is 0 Å². The highest BCUT2D eigenvalue weighted by atomic mass is 32.2. The lowest BCUT2D eigenvalue weighted by Crippen LogP contribution is -2.54. The molecule has 0 aromatic heterocycles. The summed E-state index contributed by atoms with van der Waals surface area (Å²) in [6, 6.07) is -0.534. The van der Waals surface area contributed by atoms with Crippen LogP contribution >= 0.6 is 11.8 Å². The van der Waals surface area contributed by atoms with Crippen molar-refractivity contribution < 1.29 is 14.7 Å². The van der Waals surface area contributed by atoms with Gasteiger partial charge in [-0.25, -0.2) is 9.59 Å². The van der Waals surface area contributed by atoms with E-state index in [1.54, 1.807) is 0 Å². The van der Waals surface area contributed by atoms with E-state index in [9.17, 15) is 14.7 Å². The van der Waals surface area contributed by atoms with Crippen molar-refractivity contribution in [1.82, 2.24) is 15.1 Å². The molecule has 2 aliphatic rings. The third kappa shape index (κ3) is 3.38. The van der Waals surface area contributed by atoms with Gasteiger partial charge in [-0.05, 0) is 32.4 Å². The smallest absolute Gasteiger partial charge is 0.327 e. The van der Waals surface area contributed by atoms with Gasteiger partial charge in [0.1, 0.15) is 6.04 Å². The van der Waals surface area contributed by atoms with E-state index in [0.717, 1.165) is 32.4 Å². The van der Waals surface area contributed by atoms with Gasteiger partial charge in [-0.1, -0.05) is 6.92 Å². The summed E-state index contributed by atoms with van der Waals surface area (Å²) < 4.78 is 0. The van der Waals surface area contributed by atoms with Crippen molar-refractivity contribution in [3.63, 3.8) is 0 Å². The first-order chi connectivity index (χ1) is 9.65. The van der Waals surface area contributed by atoms with Gasteiger partial charge in [0.15, 0.2) is 0 Å². The van der Waals surface area contributed by atoms with Crippen LogP contribution in [-0.2, 0) is 4.79 Å². The molecule has 0 aliphatic carbocycles. The number of amides is 2. The van der Waals surface area contributed by atoms with Crippen LogP contribution in [0.15, 0.2) is 0 Å². The van der Waals surface area contributed by atoms with Gasteiger partial charge >= 0.3 is 12.0 Å². The number of nitrogens with one attached hydrogen (secondary N) is 1. The number of hydrogen-bond acceptors (Lipinski definition) is 4. The topological polar surface area (TPSA) is 72.9 Å². The minimum absolute atomic E-state index is 0.101. The van der Waals surface area contributed by atoms with E-state index in [1.165, 1.54) is 16.7 Å². The third-order valence-corrected chi connectivity index (χ3v) is 4.88. The average molecular weight is 301 g/mol. The van der Waals surface area contributed by atoms with Crippen LogP contribution in [0.4, 0.5) is 4.79 Å². The summed E-state index contributed by atoms with van der Waals surface area (Å²) in [4.78, 5) is 27.4. The third-order valence-electron chi connectivity index (χ3n) is 3.87. The van der Waals surface area contributed by atoms with Crippen molar-refractivity contribution in [2.45, 2.75) is 38.3 Å². The number of piperidine rings is 1. The Balaban J connectivity index is 2.07. The van der Waals surface area contributed by atoms with Crippen LogP contribution < -0.4 is 5.32 Å². The standard InChI is InChI=1S/C13H23N3O3S/c1-2-7-15(10-3-5-14-6-4-10)13(19)16-9-20-8-11(16)12(17)18/h10-11,14H,2-9H2,1H3,(H,17,18). The number of nitrogens with zero attached hydrogens (tertiary/aromatic N) is 2. The molecule has 7 heteroatoms. The maximum Gasteiger partial charge on any atom is 0.327 e. The summed E-state index contributed by atoms with van der Waals surface area (Å²) in [6.07, 6.45) is 2.79. The average Bonchev–Trinajstić information content (AvgIpc) is 2.94. The molecule has 0 radical (unpaired) electrons. The molecule has 114 valence electrons. The van der Waals surface area contributed by atoms with Gasteiger partial charge in [0.25, 0.3) is 0 Å². The lowest BCUT2D eigenvalue weighted by Gasteiger charge is -2.37. The Morgan fingerprint density at radius 1 is 1.40 bits per heavy atom. The second kappa shape index (κ2) is 7.17. The molecule has 0 aromatic carbocycles. The zero-order valence-electron chi connectivity index (χ0n) is 11.9. The molecule has 2 fully saturated rings. The Bertz CT molecular complexity index is 361. The Labute approximate surface area is 123 Å². The van der Waals surface area contributed by atoms with E-state index in [0.29, 0.717) is 18.2 Å². The zero-order valence-corrected chi connectivity index (χ0v) is 12.7. The maximum atomic E-state index is 12.7. The highest BCUT2D eigenvalue weighted by molar-refractivity contribution is 7.99. The van der Waals surface area contributed by atoms with Crippen molar-refractivity contribution in [3.05, 3.63) is 0 Å². The molecule has 20 heavy (non-hydrogen) atoms. The molecule has 0 bridgehead atoms. The van der Waals surface area contributed by atoms with Gasteiger partial charge in [-0.3, -0.25) is 0 Å². The Hall–Kier alpha value is -0.950. The number of carbonyl (C=O) groups excluding carboxylic acids is 1. The maximum absolute atomic E-state index is 12.7. The Morgan fingerprint density at radius 2 is 2.10 bits per heavy atom. The van der Waals surface area contributed by atoms with Crippen molar-refractivity contribution in [3.8, 4) is 0 Å². The van der Waals surface area contributed by atoms with Crippen LogP contribution in [0, 0.1) is 0 Å². The van der Waals surface area contributed by atoms with Crippen molar-refractivity contribution in [2.75, 3.05) is 31.3 Å². The molecule has 1 unspecified atom stereocenters. The molecule has 2 aliphatic heterocycles. The van der Waals surface area contributed by atoms with Crippen LogP contribution in [0.25, 0.3) is 0 Å². The van der Waals surface area contributed by atoms with Crippen LogP contribution in [0.3, 0.4) is 0 Å². The monoisotopic (exact) mass is 301 g/mol. The molecule has 2 heterocycles. The Kier molecular flexibility index (Phi) is 5.54. The van der Waals surface area contributed by atoms with Gasteiger partial charge in [0.2, 0.25) is 0 Å². The molecular formula is C13H23N3O3S. The van der Waals surface area contributed by atoms with E-state index in [-0.39, 0.29) is 12.1 Å². The first-order valence-corrected chi connectivity index (χ1v) is 8.39. The number of carboxylic acid groups (broad SMARTS) is 1. The molecule has 6 nitrogen and oxygen atoms in total. The summed E-state index contributed by atoms with van der Waals surface area (Å²) >= 11 is 1.51. The van der Waals surface area contributed by atoms with Gasteiger partial charge in [0, 0.05) is 18.3 Å². The molecule has 2 rings (SSSR count). The normalized spacial score (nSPS) is 23.9. The lowest BCUT2D eigenvalue weighted by atomic mass is 10.0. The van der Waals surface area contributed by atoms with E-state index in [1.807, 2.05) is 4.90 Å². The van der Waals surface area contributed by atoms with Crippen molar-refractivity contribution in [1.29, 1.82) is 0 Å². The fraction of sp³-hybridized carbons (Fsp3) is 0.846. The second-order valence-corrected chi connectivity index (χ2v) is 6.28. The van der Waals surface area contributed by atoms with Gasteiger partial charge in [0.05, 0.1) is 5.88 Å². The van der Waals surface area contributed by atoms with Crippen LogP contribution in [-0.4, -0.2) is 70.3 Å². The molecule has 0 aromatic rings. The summed E-state index contributed by atoms with van der Waals surface area (Å²) in [5, 5.41) is 12.5. The number of urea groups is 1. The number of rotatable bonds is 4. The second-order valence-electron chi connectivity index (χ2n) is 5.28. The summed E-state index contributed by atoms with van der Waals surface area (Å²) in [7, 11) is 0. The predicted molar refractivity (Wildman–Crippen MR) is 78.9 cm³/mol. The number of carbonyl (C=O) groups is 2. The minimum atomic E-state index is -0.898. The first kappa shape index (κ1) is 15.4. The number of carboxylic acids is 1. The van der Waals surface area contributed by atoms with Crippen molar-refractivity contribution >= 4 is 23.8 Å². The number of hydrogen-bond donors (Lipinski definition) is 2. The molecule has 2 amide bonds. The number of aliphatic carboxylic acids is 1. The highest BCUT2D eigenvalue weighted by Gasteiger charge is 2.38. The van der Waals surface area contributed by atoms with Gasteiger partial charge in [-0.2, -0.15) is 0 Å². The molecular weight excluding hydrogens is 278 g/mol. The van der Waals surface area contributed by atoms with Gasteiger partial charge < -0.3 is 20.2 Å². The SMILES string of the molecule is CCCN(C(=O)N1CSCC1C(=O)O)C1CCNCC1. The lowest BCUT2D eigenvalue weighted by molar-refractivity contribution is -0.141. The summed E-state index contributed by atoms with van der Waals surface area (Å²) in [6.45, 7) is 4.61. The molecule has 2 N–H and O–H groups in total. The first-order valence-electron chi connectivity index (χ1n) is 7.23. The van der Waals surface area contributed by atoms with Crippen LogP contribution in [0.5, 0.6) is 0 Å². The molecule has 1 atom stereocenters. The Morgan fingerprint density at radius 3 is 2.70 bits per heavy atom. The summed E-state index contributed by atoms with van der Waals surface area (Å²) in [5.74, 6) is 0.0824. The quantitative estimate of drug-likeness (QED) is 0.811. The van der Waals surface area contributed by atoms with Gasteiger partial charge in [-0.15, -0.1) is 11.8 Å². The largest absolute Gasteiger partial charge is 0.480 e. The molecule has 0 spiro atoms.